The molecule has 0 saturated carbocycles. The number of hydrogen-bond donors (Lipinski definition) is 0. The van der Waals surface area contributed by atoms with Crippen LogP contribution in [0.1, 0.15) is 86.1 Å². The van der Waals surface area contributed by atoms with E-state index in [0.29, 0.717) is 10.6 Å². The fraction of sp³-hybridized carbons (Fsp3) is 0.375. The van der Waals surface area contributed by atoms with Crippen molar-refractivity contribution in [3.05, 3.63) is 105 Å². The van der Waals surface area contributed by atoms with Crippen molar-refractivity contribution < 1.29 is 4.39 Å². The van der Waals surface area contributed by atoms with Crippen LogP contribution in [0, 0.1) is 17.7 Å². The van der Waals surface area contributed by atoms with E-state index in [1.54, 1.807) is 12.1 Å². The molecule has 3 rings (SSSR count). The summed E-state index contributed by atoms with van der Waals surface area (Å²) < 4.78 is 13.9. The Hall–Kier alpha value is -2.56. The van der Waals surface area contributed by atoms with E-state index in [2.05, 4.69) is 55.2 Å². The number of unbranched alkanes of at least 4 members (excludes halogenated alkanes) is 7. The van der Waals surface area contributed by atoms with Crippen LogP contribution in [-0.2, 0) is 19.3 Å². The third kappa shape index (κ3) is 9.36. The zero-order valence-corrected chi connectivity index (χ0v) is 21.1. The minimum absolute atomic E-state index is 0.360. The molecule has 3 aromatic rings. The van der Waals surface area contributed by atoms with Crippen molar-refractivity contribution in [2.45, 2.75) is 77.6 Å². The van der Waals surface area contributed by atoms with Gasteiger partial charge in [-0.05, 0) is 72.7 Å². The summed E-state index contributed by atoms with van der Waals surface area (Å²) in [4.78, 5) is 0. The lowest BCUT2D eigenvalue weighted by atomic mass is 10.00. The maximum atomic E-state index is 13.9. The Labute approximate surface area is 210 Å². The molecule has 0 aliphatic rings. The summed E-state index contributed by atoms with van der Waals surface area (Å²) in [5, 5.41) is 0.380. The van der Waals surface area contributed by atoms with Crippen LogP contribution in [0.15, 0.2) is 66.7 Å². The second-order valence-electron chi connectivity index (χ2n) is 9.11. The molecule has 0 unspecified atom stereocenters. The number of aryl methyl sites for hydroxylation is 3. The Balaban J connectivity index is 1.39. The fourth-order valence-electron chi connectivity index (χ4n) is 4.11. The normalized spacial score (nSPS) is 10.7. The largest absolute Gasteiger partial charge is 0.206 e. The van der Waals surface area contributed by atoms with E-state index in [1.807, 2.05) is 12.1 Å². The Kier molecular flexibility index (Phi) is 11.2. The van der Waals surface area contributed by atoms with E-state index >= 15 is 0 Å². The van der Waals surface area contributed by atoms with Gasteiger partial charge in [-0.1, -0.05) is 112 Å². The maximum Gasteiger partial charge on any atom is 0.140 e. The molecule has 0 aliphatic carbocycles. The molecule has 0 nitrogen and oxygen atoms in total. The highest BCUT2D eigenvalue weighted by Crippen LogP contribution is 2.15. The van der Waals surface area contributed by atoms with Gasteiger partial charge in [-0.3, -0.25) is 0 Å². The van der Waals surface area contributed by atoms with E-state index in [4.69, 9.17) is 11.6 Å². The highest BCUT2D eigenvalue weighted by atomic mass is 35.5. The summed E-state index contributed by atoms with van der Waals surface area (Å²) in [6.07, 6.45) is 14.2. The second-order valence-corrected chi connectivity index (χ2v) is 9.55. The first-order chi connectivity index (χ1) is 16.6. The van der Waals surface area contributed by atoms with Gasteiger partial charge < -0.3 is 0 Å². The van der Waals surface area contributed by atoms with Crippen molar-refractivity contribution >= 4 is 11.6 Å². The Morgan fingerprint density at radius 1 is 0.618 bits per heavy atom. The molecule has 178 valence electrons. The van der Waals surface area contributed by atoms with Crippen molar-refractivity contribution in [1.82, 2.24) is 0 Å². The second kappa shape index (κ2) is 14.6. The molecule has 0 saturated heterocycles. The lowest BCUT2D eigenvalue weighted by Crippen LogP contribution is -1.93. The van der Waals surface area contributed by atoms with Gasteiger partial charge in [0.15, 0.2) is 0 Å². The standard InChI is InChI=1S/C32H36ClF/c1-2-3-4-5-6-7-8-9-10-26-11-13-27(14-12-26)15-16-28-17-19-29(20-18-28)21-22-30-23-24-31(33)25-32(30)34/h11-14,17-20,23-25H,2-10,15-16H2,1H3. The zero-order chi connectivity index (χ0) is 24.0. The summed E-state index contributed by atoms with van der Waals surface area (Å²) in [5.41, 5.74) is 5.35. The average molecular weight is 475 g/mol. The van der Waals surface area contributed by atoms with Gasteiger partial charge in [0, 0.05) is 10.6 Å². The number of halogens is 2. The maximum absolute atomic E-state index is 13.9. The molecule has 0 amide bonds. The van der Waals surface area contributed by atoms with Gasteiger partial charge in [0.2, 0.25) is 0 Å². The van der Waals surface area contributed by atoms with Crippen LogP contribution in [0.4, 0.5) is 4.39 Å². The Morgan fingerprint density at radius 3 is 1.74 bits per heavy atom. The zero-order valence-electron chi connectivity index (χ0n) is 20.4. The van der Waals surface area contributed by atoms with Crippen LogP contribution in [0.2, 0.25) is 5.02 Å². The topological polar surface area (TPSA) is 0 Å². The third-order valence-corrected chi connectivity index (χ3v) is 6.51. The molecule has 0 radical (unpaired) electrons. The molecule has 3 aromatic carbocycles. The fourth-order valence-corrected chi connectivity index (χ4v) is 4.27. The van der Waals surface area contributed by atoms with Crippen molar-refractivity contribution in [2.75, 3.05) is 0 Å². The van der Waals surface area contributed by atoms with E-state index in [9.17, 15) is 4.39 Å². The van der Waals surface area contributed by atoms with E-state index < -0.39 is 0 Å². The van der Waals surface area contributed by atoms with Crippen LogP contribution in [0.5, 0.6) is 0 Å². The highest BCUT2D eigenvalue weighted by Gasteiger charge is 2.01. The summed E-state index contributed by atoms with van der Waals surface area (Å²) >= 11 is 5.79. The quantitative estimate of drug-likeness (QED) is 0.181. The average Bonchev–Trinajstić information content (AvgIpc) is 2.85. The molecule has 0 atom stereocenters. The molecule has 0 bridgehead atoms. The Morgan fingerprint density at radius 2 is 1.15 bits per heavy atom. The first-order valence-corrected chi connectivity index (χ1v) is 13.2. The lowest BCUT2D eigenvalue weighted by Gasteiger charge is -2.06. The molecule has 0 aromatic heterocycles. The number of benzene rings is 3. The third-order valence-electron chi connectivity index (χ3n) is 6.27. The van der Waals surface area contributed by atoms with Crippen LogP contribution < -0.4 is 0 Å². The lowest BCUT2D eigenvalue weighted by molar-refractivity contribution is 0.575. The van der Waals surface area contributed by atoms with E-state index in [0.717, 1.165) is 18.4 Å². The Bertz CT molecular complexity index is 1050. The van der Waals surface area contributed by atoms with Gasteiger partial charge in [-0.15, -0.1) is 0 Å². The van der Waals surface area contributed by atoms with Gasteiger partial charge in [-0.2, -0.15) is 0 Å². The molecule has 0 spiro atoms. The first-order valence-electron chi connectivity index (χ1n) is 12.8. The minimum atomic E-state index is -0.388. The van der Waals surface area contributed by atoms with Crippen molar-refractivity contribution in [3.8, 4) is 11.8 Å². The van der Waals surface area contributed by atoms with Gasteiger partial charge in [-0.25, -0.2) is 4.39 Å². The predicted molar refractivity (Wildman–Crippen MR) is 144 cm³/mol. The SMILES string of the molecule is CCCCCCCCCCc1ccc(CCc2ccc(C#Cc3ccc(Cl)cc3F)cc2)cc1. The van der Waals surface area contributed by atoms with Gasteiger partial charge in [0.05, 0.1) is 5.56 Å². The number of rotatable bonds is 12. The van der Waals surface area contributed by atoms with Crippen LogP contribution in [0.3, 0.4) is 0 Å². The molecule has 0 N–H and O–H groups in total. The number of hydrogen-bond acceptors (Lipinski definition) is 0. The summed E-state index contributed by atoms with van der Waals surface area (Å²) in [6.45, 7) is 2.27. The van der Waals surface area contributed by atoms with Gasteiger partial charge >= 0.3 is 0 Å². The smallest absolute Gasteiger partial charge is 0.140 e. The van der Waals surface area contributed by atoms with Crippen LogP contribution in [-0.4, -0.2) is 0 Å². The van der Waals surface area contributed by atoms with E-state index in [-0.39, 0.29) is 5.82 Å². The van der Waals surface area contributed by atoms with Gasteiger partial charge in [0.25, 0.3) is 0 Å². The summed E-state index contributed by atoms with van der Waals surface area (Å²) in [6, 6.07) is 21.9. The van der Waals surface area contributed by atoms with E-state index in [1.165, 1.54) is 80.5 Å². The molecule has 0 heterocycles. The van der Waals surface area contributed by atoms with Crippen LogP contribution >= 0.6 is 11.6 Å². The molecular weight excluding hydrogens is 439 g/mol. The molecule has 0 fully saturated rings. The minimum Gasteiger partial charge on any atom is -0.206 e. The monoisotopic (exact) mass is 474 g/mol. The molecular formula is C32H36ClF. The molecule has 2 heteroatoms. The van der Waals surface area contributed by atoms with Crippen molar-refractivity contribution in [2.24, 2.45) is 0 Å². The summed E-state index contributed by atoms with van der Waals surface area (Å²) in [7, 11) is 0. The highest BCUT2D eigenvalue weighted by molar-refractivity contribution is 6.30. The molecule has 34 heavy (non-hydrogen) atoms. The van der Waals surface area contributed by atoms with Crippen molar-refractivity contribution in [1.29, 1.82) is 0 Å². The predicted octanol–water partition coefficient (Wildman–Crippen LogP) is 9.35. The van der Waals surface area contributed by atoms with Gasteiger partial charge in [0.1, 0.15) is 5.82 Å². The van der Waals surface area contributed by atoms with Crippen molar-refractivity contribution in [3.63, 3.8) is 0 Å². The molecule has 0 aliphatic heterocycles. The van der Waals surface area contributed by atoms with Crippen LogP contribution in [0.25, 0.3) is 0 Å². The first kappa shape index (κ1) is 26.1. The summed E-state index contributed by atoms with van der Waals surface area (Å²) in [5.74, 6) is 5.53.